The van der Waals surface area contributed by atoms with Gasteiger partial charge in [0.25, 0.3) is 15.7 Å². The fourth-order valence-corrected chi connectivity index (χ4v) is 3.09. The molecule has 0 heterocycles. The molecule has 0 aliphatic carbocycles. The number of sulfonamides is 1. The van der Waals surface area contributed by atoms with Crippen molar-refractivity contribution in [1.82, 2.24) is 0 Å². The molecule has 0 saturated carbocycles. The van der Waals surface area contributed by atoms with Gasteiger partial charge < -0.3 is 10.4 Å². The van der Waals surface area contributed by atoms with E-state index in [2.05, 4.69) is 10.0 Å². The van der Waals surface area contributed by atoms with Crippen molar-refractivity contribution in [3.05, 3.63) is 58.6 Å². The lowest BCUT2D eigenvalue weighted by Crippen LogP contribution is -2.14. The van der Waals surface area contributed by atoms with Gasteiger partial charge in [-0.1, -0.05) is 0 Å². The summed E-state index contributed by atoms with van der Waals surface area (Å²) in [5.41, 5.74) is 0.373. The van der Waals surface area contributed by atoms with Crippen molar-refractivity contribution in [1.29, 1.82) is 0 Å². The highest BCUT2D eigenvalue weighted by atomic mass is 32.2. The van der Waals surface area contributed by atoms with E-state index in [1.54, 1.807) is 0 Å². The zero-order chi connectivity index (χ0) is 20.0. The average Bonchev–Trinajstić information content (AvgIpc) is 2.61. The number of carbonyl (C=O) groups excluding carboxylic acids is 1. The molecule has 2 rings (SSSR count). The molecule has 1 amide bonds. The normalized spacial score (nSPS) is 10.8. The fraction of sp³-hybridized carbons (Fsp3) is 0.125. The van der Waals surface area contributed by atoms with Gasteiger partial charge in [-0.2, -0.15) is 0 Å². The minimum absolute atomic E-state index is 0.140. The van der Waals surface area contributed by atoms with Crippen LogP contribution in [0.2, 0.25) is 0 Å². The van der Waals surface area contributed by atoms with E-state index in [-0.39, 0.29) is 29.1 Å². The van der Waals surface area contributed by atoms with E-state index >= 15 is 0 Å². The molecule has 0 aliphatic heterocycles. The van der Waals surface area contributed by atoms with Gasteiger partial charge in [0, 0.05) is 29.9 Å². The molecule has 2 aromatic carbocycles. The Morgan fingerprint density at radius 3 is 2.04 bits per heavy atom. The summed E-state index contributed by atoms with van der Waals surface area (Å²) in [5.74, 6) is -1.56. The van der Waals surface area contributed by atoms with Gasteiger partial charge in [-0.05, 0) is 36.4 Å². The van der Waals surface area contributed by atoms with Crippen molar-refractivity contribution in [2.45, 2.75) is 17.7 Å². The van der Waals surface area contributed by atoms with Crippen LogP contribution in [0.15, 0.2) is 53.4 Å². The molecule has 0 saturated heterocycles. The largest absolute Gasteiger partial charge is 0.481 e. The molecule has 142 valence electrons. The van der Waals surface area contributed by atoms with E-state index in [0.717, 1.165) is 24.3 Å². The maximum atomic E-state index is 12.3. The zero-order valence-electron chi connectivity index (χ0n) is 13.8. The number of nitrogens with one attached hydrogen (secondary N) is 2. The number of anilines is 2. The minimum Gasteiger partial charge on any atom is -0.481 e. The number of hydrogen-bond acceptors (Lipinski definition) is 6. The van der Waals surface area contributed by atoms with Crippen LogP contribution < -0.4 is 10.0 Å². The first-order valence-corrected chi connectivity index (χ1v) is 9.05. The molecule has 0 spiro atoms. The van der Waals surface area contributed by atoms with Gasteiger partial charge in [0.2, 0.25) is 5.91 Å². The lowest BCUT2D eigenvalue weighted by Gasteiger charge is -2.09. The third-order valence-electron chi connectivity index (χ3n) is 3.34. The number of nitrogens with zero attached hydrogens (tertiary/aromatic N) is 1. The number of aliphatic carboxylic acids is 1. The van der Waals surface area contributed by atoms with Gasteiger partial charge in [0.1, 0.15) is 0 Å². The maximum absolute atomic E-state index is 12.3. The molecular formula is C16H15N3O7S. The standard InChI is InChI=1S/C16H15N3O7S/c20-15(9-10-16(21)22)17-11-1-3-12(4-2-11)18-27(25,26)14-7-5-13(6-8-14)19(23)24/h1-8,18H,9-10H2,(H,17,20)(H,21,22). The Hall–Kier alpha value is -3.47. The summed E-state index contributed by atoms with van der Waals surface area (Å²) in [6, 6.07) is 10.1. The zero-order valence-corrected chi connectivity index (χ0v) is 14.6. The second kappa shape index (κ2) is 8.27. The molecule has 2 aromatic rings. The fourth-order valence-electron chi connectivity index (χ4n) is 2.03. The molecule has 10 nitrogen and oxygen atoms in total. The van der Waals surface area contributed by atoms with Gasteiger partial charge in [0.15, 0.2) is 0 Å². The van der Waals surface area contributed by atoms with Crippen molar-refractivity contribution in [2.75, 3.05) is 10.0 Å². The molecule has 0 atom stereocenters. The molecule has 0 aliphatic rings. The number of amides is 1. The average molecular weight is 393 g/mol. The number of carboxylic acid groups (broad SMARTS) is 1. The molecule has 11 heteroatoms. The van der Waals surface area contributed by atoms with Crippen LogP contribution >= 0.6 is 0 Å². The predicted molar refractivity (Wildman–Crippen MR) is 95.8 cm³/mol. The van der Waals surface area contributed by atoms with Crippen LogP contribution in [-0.4, -0.2) is 30.3 Å². The van der Waals surface area contributed by atoms with Crippen LogP contribution in [0.5, 0.6) is 0 Å². The molecule has 0 aromatic heterocycles. The number of hydrogen-bond donors (Lipinski definition) is 3. The smallest absolute Gasteiger partial charge is 0.303 e. The summed E-state index contributed by atoms with van der Waals surface area (Å²) in [4.78, 5) is 31.8. The predicted octanol–water partition coefficient (Wildman–Crippen LogP) is 2.20. The number of carboxylic acids is 1. The van der Waals surface area contributed by atoms with Crippen molar-refractivity contribution in [3.8, 4) is 0 Å². The topological polar surface area (TPSA) is 156 Å². The van der Waals surface area contributed by atoms with Crippen molar-refractivity contribution in [3.63, 3.8) is 0 Å². The molecule has 0 radical (unpaired) electrons. The lowest BCUT2D eigenvalue weighted by atomic mass is 10.2. The van der Waals surface area contributed by atoms with Gasteiger partial charge >= 0.3 is 5.97 Å². The number of rotatable bonds is 8. The van der Waals surface area contributed by atoms with E-state index in [1.807, 2.05) is 0 Å². The van der Waals surface area contributed by atoms with Crippen LogP contribution in [0.3, 0.4) is 0 Å². The second-order valence-electron chi connectivity index (χ2n) is 5.38. The minimum atomic E-state index is -3.94. The lowest BCUT2D eigenvalue weighted by molar-refractivity contribution is -0.384. The van der Waals surface area contributed by atoms with Crippen molar-refractivity contribution >= 4 is 39.0 Å². The number of nitro groups is 1. The van der Waals surface area contributed by atoms with Crippen LogP contribution in [0.4, 0.5) is 17.1 Å². The SMILES string of the molecule is O=C(O)CCC(=O)Nc1ccc(NS(=O)(=O)c2ccc([N+](=O)[O-])cc2)cc1. The Morgan fingerprint density at radius 2 is 1.52 bits per heavy atom. The summed E-state index contributed by atoms with van der Waals surface area (Å²) < 4.78 is 26.9. The van der Waals surface area contributed by atoms with Crippen LogP contribution in [-0.2, 0) is 19.6 Å². The molecule has 0 unspecified atom stereocenters. The van der Waals surface area contributed by atoms with Crippen LogP contribution in [0.25, 0.3) is 0 Å². The van der Waals surface area contributed by atoms with E-state index in [9.17, 15) is 28.1 Å². The Balaban J connectivity index is 2.03. The summed E-state index contributed by atoms with van der Waals surface area (Å²) in [7, 11) is -3.94. The highest BCUT2D eigenvalue weighted by Gasteiger charge is 2.16. The Kier molecular flexibility index (Phi) is 6.08. The van der Waals surface area contributed by atoms with Crippen molar-refractivity contribution < 1.29 is 28.0 Å². The third kappa shape index (κ3) is 5.78. The van der Waals surface area contributed by atoms with Crippen LogP contribution in [0.1, 0.15) is 12.8 Å². The van der Waals surface area contributed by atoms with Gasteiger partial charge in [0.05, 0.1) is 16.2 Å². The monoisotopic (exact) mass is 393 g/mol. The molecular weight excluding hydrogens is 378 g/mol. The van der Waals surface area contributed by atoms with E-state index in [4.69, 9.17) is 5.11 Å². The van der Waals surface area contributed by atoms with E-state index in [0.29, 0.717) is 5.69 Å². The number of benzene rings is 2. The van der Waals surface area contributed by atoms with E-state index < -0.39 is 26.8 Å². The van der Waals surface area contributed by atoms with Crippen molar-refractivity contribution in [2.24, 2.45) is 0 Å². The first kappa shape index (κ1) is 19.8. The summed E-state index contributed by atoms with van der Waals surface area (Å²) >= 11 is 0. The van der Waals surface area contributed by atoms with E-state index in [1.165, 1.54) is 24.3 Å². The molecule has 27 heavy (non-hydrogen) atoms. The Bertz CT molecular complexity index is 955. The number of nitro benzene ring substituents is 1. The second-order valence-corrected chi connectivity index (χ2v) is 7.06. The number of non-ortho nitro benzene ring substituents is 1. The summed E-state index contributed by atoms with van der Waals surface area (Å²) in [6.45, 7) is 0. The Labute approximate surface area is 154 Å². The summed E-state index contributed by atoms with van der Waals surface area (Å²) in [6.07, 6.45) is -0.469. The highest BCUT2D eigenvalue weighted by molar-refractivity contribution is 7.92. The molecule has 0 bridgehead atoms. The molecule has 0 fully saturated rings. The Morgan fingerprint density at radius 1 is 0.963 bits per heavy atom. The highest BCUT2D eigenvalue weighted by Crippen LogP contribution is 2.20. The maximum Gasteiger partial charge on any atom is 0.303 e. The summed E-state index contributed by atoms with van der Waals surface area (Å²) in [5, 5.41) is 21.6. The quantitative estimate of drug-likeness (QED) is 0.458. The number of carbonyl (C=O) groups is 2. The van der Waals surface area contributed by atoms with Crippen LogP contribution in [0, 0.1) is 10.1 Å². The van der Waals surface area contributed by atoms with Gasteiger partial charge in [-0.3, -0.25) is 24.4 Å². The third-order valence-corrected chi connectivity index (χ3v) is 4.74. The van der Waals surface area contributed by atoms with Gasteiger partial charge in [-0.15, -0.1) is 0 Å². The first-order valence-electron chi connectivity index (χ1n) is 7.56. The first-order chi connectivity index (χ1) is 12.7. The molecule has 3 N–H and O–H groups in total. The van der Waals surface area contributed by atoms with Gasteiger partial charge in [-0.25, -0.2) is 8.42 Å².